The van der Waals surface area contributed by atoms with E-state index in [2.05, 4.69) is 50.0 Å². The smallest absolute Gasteiger partial charge is 0.180 e. The summed E-state index contributed by atoms with van der Waals surface area (Å²) in [6, 6.07) is 8.98. The fourth-order valence-electron chi connectivity index (χ4n) is 2.49. The second-order valence-electron chi connectivity index (χ2n) is 6.76. The van der Waals surface area contributed by atoms with E-state index in [-0.39, 0.29) is 5.41 Å². The molecule has 1 heterocycles. The summed E-state index contributed by atoms with van der Waals surface area (Å²) in [5.74, 6) is 0.674. The quantitative estimate of drug-likeness (QED) is 0.902. The van der Waals surface area contributed by atoms with E-state index in [1.807, 2.05) is 0 Å². The minimum atomic E-state index is 0.215. The summed E-state index contributed by atoms with van der Waals surface area (Å²) in [5.41, 5.74) is 10.1. The molecule has 2 aromatic rings. The standard InChI is InChI=1S/C17H22N2S/c1-17(2,3)13-8-4-11(5-9-13)10-14-15(12-6-7-12)19-16(18)20-14/h4-5,8-9,12H,6-7,10H2,1-3H3,(H2,18,19). The van der Waals surface area contributed by atoms with Gasteiger partial charge in [0.1, 0.15) is 0 Å². The highest BCUT2D eigenvalue weighted by Crippen LogP contribution is 2.43. The van der Waals surface area contributed by atoms with Crippen LogP contribution in [0.15, 0.2) is 24.3 Å². The third kappa shape index (κ3) is 2.88. The first-order chi connectivity index (χ1) is 9.43. The molecule has 0 amide bonds. The van der Waals surface area contributed by atoms with Crippen molar-refractivity contribution in [3.05, 3.63) is 46.0 Å². The van der Waals surface area contributed by atoms with Crippen molar-refractivity contribution in [2.75, 3.05) is 5.73 Å². The number of nitrogens with two attached hydrogens (primary N) is 1. The molecule has 0 spiro atoms. The van der Waals surface area contributed by atoms with Gasteiger partial charge < -0.3 is 5.73 Å². The van der Waals surface area contributed by atoms with Crippen LogP contribution in [0, 0.1) is 0 Å². The van der Waals surface area contributed by atoms with Gasteiger partial charge in [0.15, 0.2) is 5.13 Å². The molecule has 1 fully saturated rings. The van der Waals surface area contributed by atoms with Crippen LogP contribution in [-0.4, -0.2) is 4.98 Å². The van der Waals surface area contributed by atoms with Gasteiger partial charge in [-0.15, -0.1) is 11.3 Å². The number of nitrogens with zero attached hydrogens (tertiary/aromatic N) is 1. The zero-order valence-electron chi connectivity index (χ0n) is 12.4. The third-order valence-corrected chi connectivity index (χ3v) is 4.79. The normalized spacial score (nSPS) is 15.6. The van der Waals surface area contributed by atoms with Crippen molar-refractivity contribution in [1.29, 1.82) is 0 Å². The van der Waals surface area contributed by atoms with Crippen LogP contribution >= 0.6 is 11.3 Å². The number of thiazole rings is 1. The number of benzene rings is 1. The molecular weight excluding hydrogens is 264 g/mol. The van der Waals surface area contributed by atoms with Crippen LogP contribution in [0.25, 0.3) is 0 Å². The van der Waals surface area contributed by atoms with Crippen molar-refractivity contribution in [3.63, 3.8) is 0 Å². The van der Waals surface area contributed by atoms with Gasteiger partial charge in [-0.2, -0.15) is 0 Å². The van der Waals surface area contributed by atoms with Gasteiger partial charge in [0.05, 0.1) is 5.69 Å². The van der Waals surface area contributed by atoms with Crippen molar-refractivity contribution in [2.24, 2.45) is 0 Å². The van der Waals surface area contributed by atoms with Crippen LogP contribution in [-0.2, 0) is 11.8 Å². The Kier molecular flexibility index (Phi) is 3.33. The van der Waals surface area contributed by atoms with Crippen LogP contribution in [0.2, 0.25) is 0 Å². The van der Waals surface area contributed by atoms with Crippen molar-refractivity contribution in [2.45, 2.75) is 51.4 Å². The number of hydrogen-bond donors (Lipinski definition) is 1. The number of nitrogen functional groups attached to an aromatic ring is 1. The van der Waals surface area contributed by atoms with E-state index in [9.17, 15) is 0 Å². The molecule has 3 heteroatoms. The number of rotatable bonds is 3. The first-order valence-electron chi connectivity index (χ1n) is 7.28. The van der Waals surface area contributed by atoms with Crippen molar-refractivity contribution in [3.8, 4) is 0 Å². The van der Waals surface area contributed by atoms with Crippen molar-refractivity contribution >= 4 is 16.5 Å². The zero-order chi connectivity index (χ0) is 14.3. The molecule has 0 bridgehead atoms. The Morgan fingerprint density at radius 1 is 1.20 bits per heavy atom. The second-order valence-corrected chi connectivity index (χ2v) is 7.87. The lowest BCUT2D eigenvalue weighted by Crippen LogP contribution is -2.10. The molecule has 3 rings (SSSR count). The number of aromatic nitrogens is 1. The molecule has 0 radical (unpaired) electrons. The second kappa shape index (κ2) is 4.88. The monoisotopic (exact) mass is 286 g/mol. The van der Waals surface area contributed by atoms with Gasteiger partial charge >= 0.3 is 0 Å². The Morgan fingerprint density at radius 2 is 1.85 bits per heavy atom. The Labute approximate surface area is 125 Å². The molecule has 106 valence electrons. The van der Waals surface area contributed by atoms with Gasteiger partial charge in [-0.05, 0) is 29.4 Å². The fraction of sp³-hybridized carbons (Fsp3) is 0.471. The molecule has 1 saturated carbocycles. The van der Waals surface area contributed by atoms with E-state index in [1.54, 1.807) is 11.3 Å². The summed E-state index contributed by atoms with van der Waals surface area (Å²) < 4.78 is 0. The summed E-state index contributed by atoms with van der Waals surface area (Å²) in [7, 11) is 0. The van der Waals surface area contributed by atoms with E-state index in [1.165, 1.54) is 34.5 Å². The van der Waals surface area contributed by atoms with Crippen molar-refractivity contribution in [1.82, 2.24) is 4.98 Å². The van der Waals surface area contributed by atoms with Crippen LogP contribution in [0.5, 0.6) is 0 Å². The first kappa shape index (κ1) is 13.6. The van der Waals surface area contributed by atoms with E-state index < -0.39 is 0 Å². The Balaban J connectivity index is 1.81. The maximum Gasteiger partial charge on any atom is 0.180 e. The molecular formula is C17H22N2S. The highest BCUT2D eigenvalue weighted by molar-refractivity contribution is 7.15. The molecule has 0 saturated heterocycles. The largest absolute Gasteiger partial charge is 0.375 e. The summed E-state index contributed by atoms with van der Waals surface area (Å²) in [5, 5.41) is 0.716. The van der Waals surface area contributed by atoms with E-state index in [4.69, 9.17) is 5.73 Å². The molecule has 20 heavy (non-hydrogen) atoms. The van der Waals surface area contributed by atoms with E-state index in [0.29, 0.717) is 11.0 Å². The molecule has 0 unspecified atom stereocenters. The maximum atomic E-state index is 5.89. The molecule has 1 aliphatic carbocycles. The lowest BCUT2D eigenvalue weighted by Gasteiger charge is -2.19. The molecule has 1 aliphatic rings. The highest BCUT2D eigenvalue weighted by Gasteiger charge is 2.29. The zero-order valence-corrected chi connectivity index (χ0v) is 13.3. The average molecular weight is 286 g/mol. The molecule has 2 nitrogen and oxygen atoms in total. The third-order valence-electron chi connectivity index (χ3n) is 3.89. The SMILES string of the molecule is CC(C)(C)c1ccc(Cc2sc(N)nc2C2CC2)cc1. The summed E-state index contributed by atoms with van der Waals surface area (Å²) >= 11 is 1.65. The lowest BCUT2D eigenvalue weighted by atomic mass is 9.86. The van der Waals surface area contributed by atoms with Crippen LogP contribution in [0.1, 0.15) is 61.2 Å². The highest BCUT2D eigenvalue weighted by atomic mass is 32.1. The molecule has 0 aliphatic heterocycles. The lowest BCUT2D eigenvalue weighted by molar-refractivity contribution is 0.590. The average Bonchev–Trinajstić information content (AvgIpc) is 3.14. The predicted molar refractivity (Wildman–Crippen MR) is 86.4 cm³/mol. The minimum Gasteiger partial charge on any atom is -0.375 e. The first-order valence-corrected chi connectivity index (χ1v) is 8.09. The summed E-state index contributed by atoms with van der Waals surface area (Å²) in [6.45, 7) is 6.74. The maximum absolute atomic E-state index is 5.89. The Bertz CT molecular complexity index is 601. The van der Waals surface area contributed by atoms with E-state index in [0.717, 1.165) is 6.42 Å². The summed E-state index contributed by atoms with van der Waals surface area (Å²) in [6.07, 6.45) is 3.52. The number of anilines is 1. The van der Waals surface area contributed by atoms with E-state index >= 15 is 0 Å². The van der Waals surface area contributed by atoms with Gasteiger partial charge in [-0.25, -0.2) is 4.98 Å². The molecule has 2 N–H and O–H groups in total. The van der Waals surface area contributed by atoms with Gasteiger partial charge in [0, 0.05) is 17.2 Å². The molecule has 1 aromatic carbocycles. The van der Waals surface area contributed by atoms with Gasteiger partial charge in [-0.3, -0.25) is 0 Å². The predicted octanol–water partition coefficient (Wildman–Crippen LogP) is 4.49. The van der Waals surface area contributed by atoms with Crippen LogP contribution in [0.3, 0.4) is 0 Å². The van der Waals surface area contributed by atoms with Gasteiger partial charge in [0.25, 0.3) is 0 Å². The molecule has 0 atom stereocenters. The number of hydrogen-bond acceptors (Lipinski definition) is 3. The van der Waals surface area contributed by atoms with Gasteiger partial charge in [-0.1, -0.05) is 45.0 Å². The summed E-state index contributed by atoms with van der Waals surface area (Å²) in [4.78, 5) is 5.88. The Hall–Kier alpha value is -1.35. The van der Waals surface area contributed by atoms with Gasteiger partial charge in [0.2, 0.25) is 0 Å². The topological polar surface area (TPSA) is 38.9 Å². The minimum absolute atomic E-state index is 0.215. The Morgan fingerprint density at radius 3 is 2.40 bits per heavy atom. The van der Waals surface area contributed by atoms with Crippen molar-refractivity contribution < 1.29 is 0 Å². The van der Waals surface area contributed by atoms with Crippen LogP contribution < -0.4 is 5.73 Å². The molecule has 1 aromatic heterocycles. The van der Waals surface area contributed by atoms with Crippen LogP contribution in [0.4, 0.5) is 5.13 Å². The fourth-order valence-corrected chi connectivity index (χ4v) is 3.44.